The molecule has 0 atom stereocenters. The smallest absolute Gasteiger partial charge is 0.229 e. The molecule has 0 unspecified atom stereocenters. The van der Waals surface area contributed by atoms with Gasteiger partial charge in [-0.3, -0.25) is 4.79 Å². The molecular weight excluding hydrogens is 386 g/mol. The molecule has 1 aromatic heterocycles. The number of aromatic nitrogens is 2. The van der Waals surface area contributed by atoms with Gasteiger partial charge >= 0.3 is 0 Å². The van der Waals surface area contributed by atoms with Crippen LogP contribution < -0.4 is 10.2 Å². The van der Waals surface area contributed by atoms with Crippen LogP contribution in [-0.4, -0.2) is 28.8 Å². The molecule has 30 heavy (non-hydrogen) atoms. The molecule has 1 N–H and O–H groups in total. The molecule has 1 fully saturated rings. The van der Waals surface area contributed by atoms with Crippen LogP contribution in [0.25, 0.3) is 5.69 Å². The highest BCUT2D eigenvalue weighted by atomic mass is 19.1. The van der Waals surface area contributed by atoms with E-state index in [9.17, 15) is 13.6 Å². The molecule has 1 saturated heterocycles. The molecule has 0 radical (unpaired) electrons. The first-order valence-corrected chi connectivity index (χ1v) is 10.1. The van der Waals surface area contributed by atoms with Crippen molar-refractivity contribution in [2.75, 3.05) is 23.3 Å². The Morgan fingerprint density at radius 2 is 1.77 bits per heavy atom. The van der Waals surface area contributed by atoms with E-state index in [0.717, 1.165) is 42.9 Å². The van der Waals surface area contributed by atoms with Crippen molar-refractivity contribution >= 4 is 17.3 Å². The van der Waals surface area contributed by atoms with Crippen LogP contribution in [-0.2, 0) is 11.2 Å². The lowest BCUT2D eigenvalue weighted by Crippen LogP contribution is -2.23. The van der Waals surface area contributed by atoms with Crippen molar-refractivity contribution in [3.8, 4) is 5.69 Å². The van der Waals surface area contributed by atoms with Crippen LogP contribution in [0.4, 0.5) is 20.2 Å². The Hall–Kier alpha value is -3.22. The largest absolute Gasteiger partial charge is 0.370 e. The Kier molecular flexibility index (Phi) is 5.53. The third-order valence-corrected chi connectivity index (χ3v) is 5.55. The van der Waals surface area contributed by atoms with Gasteiger partial charge in [0.2, 0.25) is 5.91 Å². The van der Waals surface area contributed by atoms with Crippen LogP contribution in [0.3, 0.4) is 0 Å². The third-order valence-electron chi connectivity index (χ3n) is 5.55. The zero-order valence-electron chi connectivity index (χ0n) is 17.1. The van der Waals surface area contributed by atoms with Crippen molar-refractivity contribution in [3.63, 3.8) is 0 Å². The van der Waals surface area contributed by atoms with E-state index in [-0.39, 0.29) is 23.8 Å². The Morgan fingerprint density at radius 3 is 2.47 bits per heavy atom. The number of aryl methyl sites for hydroxylation is 1. The van der Waals surface area contributed by atoms with E-state index < -0.39 is 5.82 Å². The maximum atomic E-state index is 14.5. The van der Waals surface area contributed by atoms with Gasteiger partial charge in [-0.25, -0.2) is 13.5 Å². The van der Waals surface area contributed by atoms with Crippen molar-refractivity contribution in [1.82, 2.24) is 9.78 Å². The molecule has 4 rings (SSSR count). The van der Waals surface area contributed by atoms with Gasteiger partial charge in [-0.1, -0.05) is 6.07 Å². The van der Waals surface area contributed by atoms with E-state index in [2.05, 4.69) is 15.3 Å². The summed E-state index contributed by atoms with van der Waals surface area (Å²) in [7, 11) is 0. The number of nitrogens with one attached hydrogen (secondary N) is 1. The molecule has 1 aliphatic rings. The third kappa shape index (κ3) is 3.92. The number of hydrogen-bond donors (Lipinski definition) is 1. The summed E-state index contributed by atoms with van der Waals surface area (Å²) in [6.45, 7) is 5.41. The second-order valence-corrected chi connectivity index (χ2v) is 7.59. The van der Waals surface area contributed by atoms with Gasteiger partial charge < -0.3 is 10.2 Å². The first kappa shape index (κ1) is 20.1. The second kappa shape index (κ2) is 8.26. The fourth-order valence-electron chi connectivity index (χ4n) is 3.97. The average Bonchev–Trinajstić information content (AvgIpc) is 3.35. The van der Waals surface area contributed by atoms with Crippen LogP contribution in [0, 0.1) is 25.5 Å². The molecule has 7 heteroatoms. The SMILES string of the molecule is Cc1nn(-c2ccc(F)cc2)c(C)c1CC(=O)Nc1c(F)cccc1N1CCCC1. The average molecular weight is 410 g/mol. The summed E-state index contributed by atoms with van der Waals surface area (Å²) in [4.78, 5) is 14.9. The molecule has 5 nitrogen and oxygen atoms in total. The summed E-state index contributed by atoms with van der Waals surface area (Å²) >= 11 is 0. The number of nitrogens with zero attached hydrogens (tertiary/aromatic N) is 3. The van der Waals surface area contributed by atoms with Gasteiger partial charge in [0.25, 0.3) is 0 Å². The van der Waals surface area contributed by atoms with E-state index >= 15 is 0 Å². The minimum Gasteiger partial charge on any atom is -0.370 e. The molecule has 2 heterocycles. The van der Waals surface area contributed by atoms with Crippen molar-refractivity contribution in [3.05, 3.63) is 71.1 Å². The number of hydrogen-bond acceptors (Lipinski definition) is 3. The van der Waals surface area contributed by atoms with Gasteiger partial charge in [-0.05, 0) is 63.1 Å². The highest BCUT2D eigenvalue weighted by molar-refractivity contribution is 5.96. The standard InChI is InChI=1S/C23H24F2N4O/c1-15-19(16(2)29(27-15)18-10-8-17(24)9-11-18)14-22(30)26-23-20(25)6-5-7-21(23)28-12-3-4-13-28/h5-11H,3-4,12-14H2,1-2H3,(H,26,30). The van der Waals surface area contributed by atoms with Crippen LogP contribution in [0.2, 0.25) is 0 Å². The Balaban J connectivity index is 1.56. The molecule has 3 aromatic rings. The first-order chi connectivity index (χ1) is 14.4. The van der Waals surface area contributed by atoms with Crippen molar-refractivity contribution in [2.24, 2.45) is 0 Å². The summed E-state index contributed by atoms with van der Waals surface area (Å²) in [5.74, 6) is -1.06. The van der Waals surface area contributed by atoms with E-state index in [0.29, 0.717) is 11.4 Å². The second-order valence-electron chi connectivity index (χ2n) is 7.59. The maximum Gasteiger partial charge on any atom is 0.229 e. The van der Waals surface area contributed by atoms with Crippen molar-refractivity contribution in [2.45, 2.75) is 33.1 Å². The monoisotopic (exact) mass is 410 g/mol. The van der Waals surface area contributed by atoms with Crippen LogP contribution in [0.5, 0.6) is 0 Å². The minimum atomic E-state index is -0.441. The molecule has 0 spiro atoms. The Morgan fingerprint density at radius 1 is 1.07 bits per heavy atom. The van der Waals surface area contributed by atoms with Gasteiger partial charge in [0.15, 0.2) is 0 Å². The zero-order chi connectivity index (χ0) is 21.3. The van der Waals surface area contributed by atoms with E-state index in [4.69, 9.17) is 0 Å². The van der Waals surface area contributed by atoms with Gasteiger partial charge in [-0.15, -0.1) is 0 Å². The number of carbonyl (C=O) groups is 1. The fourth-order valence-corrected chi connectivity index (χ4v) is 3.97. The first-order valence-electron chi connectivity index (χ1n) is 10.1. The van der Waals surface area contributed by atoms with Gasteiger partial charge in [0.1, 0.15) is 17.3 Å². The molecule has 1 amide bonds. The molecule has 1 aliphatic heterocycles. The highest BCUT2D eigenvalue weighted by Gasteiger charge is 2.21. The number of carbonyl (C=O) groups excluding carboxylic acids is 1. The number of halogens is 2. The van der Waals surface area contributed by atoms with Crippen molar-refractivity contribution in [1.29, 1.82) is 0 Å². The number of rotatable bonds is 5. The summed E-state index contributed by atoms with van der Waals surface area (Å²) in [5, 5.41) is 7.27. The zero-order valence-corrected chi connectivity index (χ0v) is 17.1. The summed E-state index contributed by atoms with van der Waals surface area (Å²) in [6, 6.07) is 10.9. The molecule has 0 bridgehead atoms. The highest BCUT2D eigenvalue weighted by Crippen LogP contribution is 2.31. The number of amides is 1. The quantitative estimate of drug-likeness (QED) is 0.671. The number of benzene rings is 2. The lowest BCUT2D eigenvalue weighted by atomic mass is 10.1. The molecule has 156 valence electrons. The Bertz CT molecular complexity index is 1070. The van der Waals surface area contributed by atoms with Crippen molar-refractivity contribution < 1.29 is 13.6 Å². The van der Waals surface area contributed by atoms with E-state index in [1.807, 2.05) is 19.9 Å². The number of anilines is 2. The normalized spacial score (nSPS) is 13.7. The lowest BCUT2D eigenvalue weighted by molar-refractivity contribution is -0.115. The summed E-state index contributed by atoms with van der Waals surface area (Å²) < 4.78 is 29.4. The number of para-hydroxylation sites is 1. The lowest BCUT2D eigenvalue weighted by Gasteiger charge is -2.22. The van der Waals surface area contributed by atoms with Crippen LogP contribution in [0.1, 0.15) is 29.8 Å². The molecule has 0 saturated carbocycles. The van der Waals surface area contributed by atoms with Crippen LogP contribution >= 0.6 is 0 Å². The van der Waals surface area contributed by atoms with Gasteiger partial charge in [0.05, 0.1) is 23.5 Å². The van der Waals surface area contributed by atoms with E-state index in [1.165, 1.54) is 18.2 Å². The van der Waals surface area contributed by atoms with Gasteiger partial charge in [0, 0.05) is 24.3 Å². The predicted molar refractivity (Wildman–Crippen MR) is 113 cm³/mol. The summed E-state index contributed by atoms with van der Waals surface area (Å²) in [6.07, 6.45) is 2.20. The summed E-state index contributed by atoms with van der Waals surface area (Å²) in [5.41, 5.74) is 3.94. The maximum absolute atomic E-state index is 14.5. The topological polar surface area (TPSA) is 50.2 Å². The molecule has 2 aromatic carbocycles. The predicted octanol–water partition coefficient (Wildman–Crippen LogP) is 4.55. The van der Waals surface area contributed by atoms with Gasteiger partial charge in [-0.2, -0.15) is 5.10 Å². The molecule has 0 aliphatic carbocycles. The van der Waals surface area contributed by atoms with E-state index in [1.54, 1.807) is 22.9 Å². The van der Waals surface area contributed by atoms with Crippen LogP contribution in [0.15, 0.2) is 42.5 Å². The Labute approximate surface area is 174 Å². The molecular formula is C23H24F2N4O. The minimum absolute atomic E-state index is 0.0760. The fraction of sp³-hybridized carbons (Fsp3) is 0.304.